The van der Waals surface area contributed by atoms with Crippen LogP contribution in [0, 0.1) is 12.3 Å². The van der Waals surface area contributed by atoms with Crippen LogP contribution in [0.5, 0.6) is 0 Å². The van der Waals surface area contributed by atoms with Gasteiger partial charge in [-0.1, -0.05) is 37.1 Å². The summed E-state index contributed by atoms with van der Waals surface area (Å²) in [5, 5.41) is 8.09. The van der Waals surface area contributed by atoms with Crippen molar-refractivity contribution in [2.24, 2.45) is 5.41 Å². The van der Waals surface area contributed by atoms with Gasteiger partial charge >= 0.3 is 5.97 Å². The van der Waals surface area contributed by atoms with E-state index in [4.69, 9.17) is 9.15 Å². The van der Waals surface area contributed by atoms with Crippen LogP contribution in [0.2, 0.25) is 0 Å². The van der Waals surface area contributed by atoms with Crippen LogP contribution in [0.15, 0.2) is 40.3 Å². The summed E-state index contributed by atoms with van der Waals surface area (Å²) in [6.07, 6.45) is 4.44. The van der Waals surface area contributed by atoms with Crippen LogP contribution in [0.3, 0.4) is 0 Å². The molecule has 1 aliphatic carbocycles. The van der Waals surface area contributed by atoms with Gasteiger partial charge in [0.2, 0.25) is 11.8 Å². The van der Waals surface area contributed by atoms with Crippen LogP contribution >= 0.6 is 0 Å². The van der Waals surface area contributed by atoms with Crippen LogP contribution in [0.25, 0.3) is 11.5 Å². The summed E-state index contributed by atoms with van der Waals surface area (Å²) in [7, 11) is 0. The highest BCUT2D eigenvalue weighted by atomic mass is 16.5. The second-order valence-electron chi connectivity index (χ2n) is 7.95. The summed E-state index contributed by atoms with van der Waals surface area (Å²) < 4.78 is 11.3. The maximum Gasteiger partial charge on any atom is 0.306 e. The second kappa shape index (κ2) is 7.44. The Kier molecular flexibility index (Phi) is 5.25. The van der Waals surface area contributed by atoms with E-state index in [2.05, 4.69) is 37.0 Å². The Morgan fingerprint density at radius 2 is 1.96 bits per heavy atom. The molecule has 1 atom stereocenters. The number of carbonyl (C=O) groups excluding carboxylic acids is 1. The Bertz CT molecular complexity index is 803. The number of esters is 1. The van der Waals surface area contributed by atoms with Crippen molar-refractivity contribution in [2.45, 2.75) is 59.5 Å². The van der Waals surface area contributed by atoms with E-state index in [0.717, 1.165) is 18.4 Å². The molecule has 3 rings (SSSR count). The minimum Gasteiger partial charge on any atom is -0.458 e. The van der Waals surface area contributed by atoms with Gasteiger partial charge in [0.1, 0.15) is 6.10 Å². The van der Waals surface area contributed by atoms with Gasteiger partial charge in [-0.25, -0.2) is 0 Å². The minimum absolute atomic E-state index is 0.142. The number of allylic oxidation sites excluding steroid dienone is 1. The van der Waals surface area contributed by atoms with Crippen molar-refractivity contribution in [1.82, 2.24) is 10.2 Å². The van der Waals surface area contributed by atoms with Gasteiger partial charge in [0.15, 0.2) is 0 Å². The molecule has 0 saturated carbocycles. The fourth-order valence-electron chi connectivity index (χ4n) is 3.49. The zero-order valence-electron chi connectivity index (χ0n) is 15.9. The highest BCUT2D eigenvalue weighted by Crippen LogP contribution is 2.36. The van der Waals surface area contributed by atoms with Crippen LogP contribution in [-0.2, 0) is 16.0 Å². The number of aromatic nitrogens is 2. The number of carbonyl (C=O) groups is 1. The van der Waals surface area contributed by atoms with Crippen LogP contribution < -0.4 is 0 Å². The maximum absolute atomic E-state index is 12.2. The van der Waals surface area contributed by atoms with Crippen molar-refractivity contribution in [3.63, 3.8) is 0 Å². The van der Waals surface area contributed by atoms with E-state index in [9.17, 15) is 4.79 Å². The molecule has 138 valence electrons. The molecule has 5 nitrogen and oxygen atoms in total. The van der Waals surface area contributed by atoms with Crippen LogP contribution in [0.1, 0.15) is 51.5 Å². The summed E-state index contributed by atoms with van der Waals surface area (Å²) in [4.78, 5) is 12.2. The monoisotopic (exact) mass is 354 g/mol. The second-order valence-corrected chi connectivity index (χ2v) is 7.95. The third-order valence-corrected chi connectivity index (χ3v) is 4.57. The Balaban J connectivity index is 1.54. The zero-order chi connectivity index (χ0) is 18.7. The fourth-order valence-corrected chi connectivity index (χ4v) is 3.49. The Hall–Kier alpha value is -2.43. The van der Waals surface area contributed by atoms with E-state index in [1.807, 2.05) is 31.2 Å². The molecule has 0 aliphatic heterocycles. The quantitative estimate of drug-likeness (QED) is 0.577. The Morgan fingerprint density at radius 3 is 2.65 bits per heavy atom. The van der Waals surface area contributed by atoms with Gasteiger partial charge in [-0.3, -0.25) is 4.79 Å². The van der Waals surface area contributed by atoms with E-state index in [1.54, 1.807) is 0 Å². The Morgan fingerprint density at radius 1 is 1.23 bits per heavy atom. The molecule has 1 unspecified atom stereocenters. The molecular weight excluding hydrogens is 328 g/mol. The number of hydrogen-bond donors (Lipinski definition) is 0. The summed E-state index contributed by atoms with van der Waals surface area (Å²) in [6, 6.07) is 7.89. The topological polar surface area (TPSA) is 65.2 Å². The summed E-state index contributed by atoms with van der Waals surface area (Å²) in [6.45, 7) is 8.52. The molecule has 0 spiro atoms. The van der Waals surface area contributed by atoms with Gasteiger partial charge in [-0.2, -0.15) is 0 Å². The van der Waals surface area contributed by atoms with E-state index >= 15 is 0 Å². The lowest BCUT2D eigenvalue weighted by Crippen LogP contribution is -2.28. The molecule has 0 amide bonds. The number of hydrogen-bond acceptors (Lipinski definition) is 5. The minimum atomic E-state index is -0.230. The van der Waals surface area contributed by atoms with Crippen molar-refractivity contribution in [1.29, 1.82) is 0 Å². The fraction of sp³-hybridized carbons (Fsp3) is 0.476. The molecule has 2 aromatic rings. The molecule has 0 bridgehead atoms. The molecule has 26 heavy (non-hydrogen) atoms. The predicted octanol–water partition coefficient (Wildman–Crippen LogP) is 4.66. The molecule has 1 aromatic heterocycles. The number of ether oxygens (including phenoxy) is 1. The number of rotatable bonds is 5. The lowest BCUT2D eigenvalue weighted by Gasteiger charge is -2.33. The van der Waals surface area contributed by atoms with Gasteiger partial charge in [0, 0.05) is 12.0 Å². The number of nitrogens with zero attached hydrogens (tertiary/aromatic N) is 2. The van der Waals surface area contributed by atoms with E-state index in [1.165, 1.54) is 11.1 Å². The first-order valence-corrected chi connectivity index (χ1v) is 9.07. The summed E-state index contributed by atoms with van der Waals surface area (Å²) in [5.41, 5.74) is 3.49. The van der Waals surface area contributed by atoms with E-state index in [0.29, 0.717) is 18.2 Å². The van der Waals surface area contributed by atoms with Gasteiger partial charge in [-0.05, 0) is 50.3 Å². The van der Waals surface area contributed by atoms with Gasteiger partial charge in [0.05, 0.1) is 6.42 Å². The molecule has 0 fully saturated rings. The predicted molar refractivity (Wildman–Crippen MR) is 99.4 cm³/mol. The first-order chi connectivity index (χ1) is 12.3. The van der Waals surface area contributed by atoms with Crippen molar-refractivity contribution in [3.05, 3.63) is 47.4 Å². The molecule has 0 N–H and O–H groups in total. The smallest absolute Gasteiger partial charge is 0.306 e. The van der Waals surface area contributed by atoms with Gasteiger partial charge < -0.3 is 9.15 Å². The van der Waals surface area contributed by atoms with E-state index < -0.39 is 0 Å². The molecule has 1 aromatic carbocycles. The first-order valence-electron chi connectivity index (χ1n) is 9.07. The molecule has 1 heterocycles. The van der Waals surface area contributed by atoms with Crippen molar-refractivity contribution in [2.75, 3.05) is 0 Å². The largest absolute Gasteiger partial charge is 0.458 e. The standard InChI is InChI=1S/C21H26N2O3/c1-14-5-7-16(8-6-14)20-23-22-18(26-20)9-10-19(24)25-17-11-15(2)12-21(3,4)13-17/h5-8,11,17H,9-10,12-13H2,1-4H3. The number of benzene rings is 1. The van der Waals surface area contributed by atoms with E-state index in [-0.39, 0.29) is 23.9 Å². The third-order valence-electron chi connectivity index (χ3n) is 4.57. The number of aryl methyl sites for hydroxylation is 2. The third kappa shape index (κ3) is 4.81. The van der Waals surface area contributed by atoms with Gasteiger partial charge in [-0.15, -0.1) is 10.2 Å². The lowest BCUT2D eigenvalue weighted by molar-refractivity contribution is -0.148. The summed E-state index contributed by atoms with van der Waals surface area (Å²) in [5.74, 6) is 0.695. The average Bonchev–Trinajstić information content (AvgIpc) is 3.00. The first kappa shape index (κ1) is 18.4. The molecule has 1 aliphatic rings. The normalized spacial score (nSPS) is 19.1. The van der Waals surface area contributed by atoms with Gasteiger partial charge in [0.25, 0.3) is 0 Å². The SMILES string of the molecule is CC1=CC(OC(=O)CCc2nnc(-c3ccc(C)cc3)o2)CC(C)(C)C1. The average molecular weight is 354 g/mol. The van der Waals surface area contributed by atoms with Crippen molar-refractivity contribution in [3.8, 4) is 11.5 Å². The Labute approximate surface area is 154 Å². The van der Waals surface area contributed by atoms with Crippen molar-refractivity contribution >= 4 is 5.97 Å². The van der Waals surface area contributed by atoms with Crippen molar-refractivity contribution < 1.29 is 13.9 Å². The van der Waals surface area contributed by atoms with Crippen LogP contribution in [0.4, 0.5) is 0 Å². The molecular formula is C21H26N2O3. The lowest BCUT2D eigenvalue weighted by atomic mass is 9.76. The van der Waals surface area contributed by atoms with Crippen LogP contribution in [-0.4, -0.2) is 22.3 Å². The molecule has 5 heteroatoms. The highest BCUT2D eigenvalue weighted by molar-refractivity contribution is 5.70. The summed E-state index contributed by atoms with van der Waals surface area (Å²) >= 11 is 0. The highest BCUT2D eigenvalue weighted by Gasteiger charge is 2.29. The molecule has 0 saturated heterocycles. The molecule has 0 radical (unpaired) electrons. The maximum atomic E-state index is 12.2. The zero-order valence-corrected chi connectivity index (χ0v) is 15.9.